The monoisotopic (exact) mass is 448 g/mol. The number of carboxylic acids is 1. The van der Waals surface area contributed by atoms with Crippen LogP contribution in [0.4, 0.5) is 4.79 Å². The molecular formula is C26H28N2O5. The summed E-state index contributed by atoms with van der Waals surface area (Å²) in [5.41, 5.74) is 4.66. The molecule has 2 aromatic carbocycles. The van der Waals surface area contributed by atoms with E-state index in [0.717, 1.165) is 30.4 Å². The summed E-state index contributed by atoms with van der Waals surface area (Å²) in [7, 11) is 0. The van der Waals surface area contributed by atoms with Crippen LogP contribution in [0.2, 0.25) is 0 Å². The first-order chi connectivity index (χ1) is 16.0. The number of nitrogens with one attached hydrogen (secondary N) is 1. The Bertz CT molecular complexity index is 1030. The first-order valence-electron chi connectivity index (χ1n) is 11.7. The second-order valence-electron chi connectivity index (χ2n) is 9.25. The molecule has 2 amide bonds. The molecule has 1 heterocycles. The molecule has 7 nitrogen and oxygen atoms in total. The van der Waals surface area contributed by atoms with Crippen molar-refractivity contribution in [3.05, 3.63) is 59.7 Å². The normalized spacial score (nSPS) is 22.1. The molecule has 1 aliphatic heterocycles. The van der Waals surface area contributed by atoms with Crippen molar-refractivity contribution in [2.24, 2.45) is 11.8 Å². The van der Waals surface area contributed by atoms with E-state index in [2.05, 4.69) is 29.6 Å². The Morgan fingerprint density at radius 2 is 1.55 bits per heavy atom. The fourth-order valence-corrected chi connectivity index (χ4v) is 5.44. The molecule has 7 heteroatoms. The molecule has 0 unspecified atom stereocenters. The minimum absolute atomic E-state index is 0.0130. The second-order valence-corrected chi connectivity index (χ2v) is 9.25. The van der Waals surface area contributed by atoms with E-state index in [0.29, 0.717) is 6.42 Å². The molecule has 0 aromatic heterocycles. The number of alkyl carbamates (subject to hydrolysis) is 1. The van der Waals surface area contributed by atoms with Gasteiger partial charge in [0.05, 0.1) is 11.8 Å². The van der Waals surface area contributed by atoms with Crippen molar-refractivity contribution in [3.63, 3.8) is 0 Å². The summed E-state index contributed by atoms with van der Waals surface area (Å²) in [6.07, 6.45) is 2.78. The van der Waals surface area contributed by atoms with Gasteiger partial charge in [-0.3, -0.25) is 9.59 Å². The number of carbonyl (C=O) groups is 3. The van der Waals surface area contributed by atoms with Gasteiger partial charge in [0, 0.05) is 25.0 Å². The number of nitrogens with zero attached hydrogens (tertiary/aromatic N) is 1. The lowest BCUT2D eigenvalue weighted by atomic mass is 9.82. The summed E-state index contributed by atoms with van der Waals surface area (Å²) in [4.78, 5) is 38.3. The van der Waals surface area contributed by atoms with Crippen LogP contribution in [0.25, 0.3) is 11.1 Å². The number of rotatable bonds is 5. The average Bonchev–Trinajstić information content (AvgIpc) is 3.10. The van der Waals surface area contributed by atoms with Crippen LogP contribution in [-0.2, 0) is 14.3 Å². The van der Waals surface area contributed by atoms with Crippen molar-refractivity contribution in [1.82, 2.24) is 10.2 Å². The lowest BCUT2D eigenvalue weighted by Gasteiger charge is -2.41. The smallest absolute Gasteiger partial charge is 0.407 e. The van der Waals surface area contributed by atoms with E-state index in [4.69, 9.17) is 9.84 Å². The number of ether oxygens (including phenoxy) is 1. The topological polar surface area (TPSA) is 95.9 Å². The van der Waals surface area contributed by atoms with Crippen LogP contribution in [-0.4, -0.2) is 53.7 Å². The minimum Gasteiger partial charge on any atom is -0.481 e. The van der Waals surface area contributed by atoms with E-state index in [1.165, 1.54) is 11.1 Å². The van der Waals surface area contributed by atoms with E-state index in [1.807, 2.05) is 24.3 Å². The van der Waals surface area contributed by atoms with Gasteiger partial charge in [0.25, 0.3) is 0 Å². The van der Waals surface area contributed by atoms with Gasteiger partial charge in [-0.25, -0.2) is 4.79 Å². The standard InChI is InChI=1S/C26H28N2O5/c29-24(28-13-16(14-28)25(30)31)21-11-5-6-12-23(21)27-26(32)33-15-22-19-9-3-1-7-17(19)18-8-2-4-10-20(18)22/h1-4,7-10,16,21-23H,5-6,11-15H2,(H,27,32)(H,30,31)/t21-,23+/m0/s1. The average molecular weight is 449 g/mol. The number of carbonyl (C=O) groups excluding carboxylic acids is 2. The van der Waals surface area contributed by atoms with E-state index in [9.17, 15) is 14.4 Å². The van der Waals surface area contributed by atoms with Gasteiger partial charge in [0.2, 0.25) is 5.91 Å². The molecule has 5 rings (SSSR count). The summed E-state index contributed by atoms with van der Waals surface area (Å²) in [6.45, 7) is 0.738. The molecule has 2 aliphatic carbocycles. The zero-order valence-corrected chi connectivity index (χ0v) is 18.4. The van der Waals surface area contributed by atoms with Gasteiger partial charge in [-0.1, -0.05) is 61.4 Å². The van der Waals surface area contributed by atoms with Crippen LogP contribution >= 0.6 is 0 Å². The molecule has 2 fully saturated rings. The summed E-state index contributed by atoms with van der Waals surface area (Å²) in [6, 6.07) is 16.1. The molecule has 2 N–H and O–H groups in total. The predicted molar refractivity (Wildman–Crippen MR) is 122 cm³/mol. The van der Waals surface area contributed by atoms with Crippen molar-refractivity contribution < 1.29 is 24.2 Å². The fourth-order valence-electron chi connectivity index (χ4n) is 5.44. The SMILES string of the molecule is O=C(N[C@@H]1CCCC[C@@H]1C(=O)N1CC(C(=O)O)C1)OCC1c2ccccc2-c2ccccc21. The Morgan fingerprint density at radius 3 is 2.18 bits per heavy atom. The molecular weight excluding hydrogens is 420 g/mol. The Balaban J connectivity index is 1.21. The fraction of sp³-hybridized carbons (Fsp3) is 0.423. The van der Waals surface area contributed by atoms with Crippen LogP contribution < -0.4 is 5.32 Å². The Hall–Kier alpha value is -3.35. The van der Waals surface area contributed by atoms with Crippen LogP contribution in [0.15, 0.2) is 48.5 Å². The third-order valence-electron chi connectivity index (χ3n) is 7.27. The van der Waals surface area contributed by atoms with Crippen molar-refractivity contribution in [3.8, 4) is 11.1 Å². The molecule has 1 saturated heterocycles. The molecule has 0 bridgehead atoms. The van der Waals surface area contributed by atoms with E-state index >= 15 is 0 Å². The zero-order chi connectivity index (χ0) is 22.9. The van der Waals surface area contributed by atoms with Gasteiger partial charge in [-0.15, -0.1) is 0 Å². The van der Waals surface area contributed by atoms with E-state index < -0.39 is 18.0 Å². The largest absolute Gasteiger partial charge is 0.481 e. The molecule has 33 heavy (non-hydrogen) atoms. The number of hydrogen-bond acceptors (Lipinski definition) is 4. The quantitative estimate of drug-likeness (QED) is 0.728. The highest BCUT2D eigenvalue weighted by Crippen LogP contribution is 2.44. The molecule has 172 valence electrons. The molecule has 3 aliphatic rings. The van der Waals surface area contributed by atoms with Crippen molar-refractivity contribution >= 4 is 18.0 Å². The number of likely N-dealkylation sites (tertiary alicyclic amines) is 1. The van der Waals surface area contributed by atoms with Crippen molar-refractivity contribution in [1.29, 1.82) is 0 Å². The van der Waals surface area contributed by atoms with Gasteiger partial charge in [0.1, 0.15) is 6.61 Å². The number of amides is 2. The maximum atomic E-state index is 12.9. The lowest BCUT2D eigenvalue weighted by Crippen LogP contribution is -2.58. The van der Waals surface area contributed by atoms with Crippen LogP contribution in [0.3, 0.4) is 0 Å². The highest BCUT2D eigenvalue weighted by atomic mass is 16.5. The molecule has 0 radical (unpaired) electrons. The first kappa shape index (κ1) is 21.5. The maximum Gasteiger partial charge on any atom is 0.407 e. The van der Waals surface area contributed by atoms with Gasteiger partial charge in [-0.2, -0.15) is 0 Å². The lowest BCUT2D eigenvalue weighted by molar-refractivity contribution is -0.155. The molecule has 1 saturated carbocycles. The zero-order valence-electron chi connectivity index (χ0n) is 18.4. The number of carboxylic acid groups (broad SMARTS) is 1. The third-order valence-corrected chi connectivity index (χ3v) is 7.27. The molecule has 2 aromatic rings. The Kier molecular flexibility index (Phi) is 5.79. The van der Waals surface area contributed by atoms with Gasteiger partial charge in [0.15, 0.2) is 0 Å². The van der Waals surface area contributed by atoms with Gasteiger partial charge in [-0.05, 0) is 35.1 Å². The Morgan fingerprint density at radius 1 is 0.939 bits per heavy atom. The van der Waals surface area contributed by atoms with Crippen LogP contribution in [0.1, 0.15) is 42.7 Å². The van der Waals surface area contributed by atoms with Gasteiger partial charge >= 0.3 is 12.1 Å². The summed E-state index contributed by atoms with van der Waals surface area (Å²) in [5.74, 6) is -1.74. The molecule has 0 spiro atoms. The van der Waals surface area contributed by atoms with Crippen LogP contribution in [0, 0.1) is 11.8 Å². The van der Waals surface area contributed by atoms with E-state index in [-0.39, 0.29) is 43.5 Å². The van der Waals surface area contributed by atoms with Crippen molar-refractivity contribution in [2.75, 3.05) is 19.7 Å². The van der Waals surface area contributed by atoms with E-state index in [1.54, 1.807) is 4.90 Å². The Labute approximate surface area is 192 Å². The number of fused-ring (bicyclic) bond motifs is 3. The number of hydrogen-bond donors (Lipinski definition) is 2. The summed E-state index contributed by atoms with van der Waals surface area (Å²) in [5, 5.41) is 12.0. The summed E-state index contributed by atoms with van der Waals surface area (Å²) < 4.78 is 5.67. The minimum atomic E-state index is -0.865. The summed E-state index contributed by atoms with van der Waals surface area (Å²) >= 11 is 0. The predicted octanol–water partition coefficient (Wildman–Crippen LogP) is 3.63. The van der Waals surface area contributed by atoms with Crippen LogP contribution in [0.5, 0.6) is 0 Å². The maximum absolute atomic E-state index is 12.9. The molecule has 2 atom stereocenters. The highest BCUT2D eigenvalue weighted by molar-refractivity contribution is 5.84. The van der Waals surface area contributed by atoms with Crippen molar-refractivity contribution in [2.45, 2.75) is 37.6 Å². The number of benzene rings is 2. The first-order valence-corrected chi connectivity index (χ1v) is 11.7. The van der Waals surface area contributed by atoms with Gasteiger partial charge < -0.3 is 20.1 Å². The second kappa shape index (κ2) is 8.89. The number of aliphatic carboxylic acids is 1. The highest BCUT2D eigenvalue weighted by Gasteiger charge is 2.41. The third kappa shape index (κ3) is 4.08.